The smallest absolute Gasteiger partial charge is 0.264 e. The number of rotatable bonds is 1. The second-order valence-corrected chi connectivity index (χ2v) is 4.51. The number of hydrogen-bond acceptors (Lipinski definition) is 5. The van der Waals surface area contributed by atoms with Crippen LogP contribution in [0.5, 0.6) is 0 Å². The summed E-state index contributed by atoms with van der Waals surface area (Å²) in [6.07, 6.45) is -7.67. The van der Waals surface area contributed by atoms with E-state index in [1.807, 2.05) is 0 Å². The van der Waals surface area contributed by atoms with E-state index in [2.05, 4.69) is 4.98 Å². The first-order valence-corrected chi connectivity index (χ1v) is 6.05. The van der Waals surface area contributed by atoms with E-state index in [1.54, 1.807) is 0 Å². The first-order valence-electron chi connectivity index (χ1n) is 9.55. The molecule has 108 valence electrons. The van der Waals surface area contributed by atoms with Crippen LogP contribution in [-0.4, -0.2) is 21.1 Å². The molecule has 0 radical (unpaired) electrons. The van der Waals surface area contributed by atoms with Crippen LogP contribution < -0.4 is 11.3 Å². The van der Waals surface area contributed by atoms with Crippen molar-refractivity contribution in [2.45, 2.75) is 32.1 Å². The molecule has 0 spiro atoms. The normalized spacial score (nSPS) is 32.3. The summed E-state index contributed by atoms with van der Waals surface area (Å²) in [4.78, 5) is 41.6. The van der Waals surface area contributed by atoms with E-state index < -0.39 is 48.4 Å². The highest BCUT2D eigenvalue weighted by molar-refractivity contribution is 6.03. The fourth-order valence-electron chi connectivity index (χ4n) is 2.15. The minimum Gasteiger partial charge on any atom is -0.398 e. The zero-order chi connectivity index (χ0) is 21.4. The Morgan fingerprint density at radius 1 is 1.52 bits per heavy atom. The van der Waals surface area contributed by atoms with Crippen molar-refractivity contribution in [3.63, 3.8) is 0 Å². The molecule has 2 aromatic rings. The van der Waals surface area contributed by atoms with Gasteiger partial charge in [0, 0.05) is 17.5 Å². The van der Waals surface area contributed by atoms with Gasteiger partial charge in [-0.05, 0) is 25.4 Å². The second kappa shape index (κ2) is 4.80. The number of nitrogens with two attached hydrogens (primary N) is 1. The van der Waals surface area contributed by atoms with Crippen LogP contribution in [0, 0.1) is 6.92 Å². The maximum atomic E-state index is 13.1. The number of anilines is 1. The number of aromatic nitrogens is 2. The highest BCUT2D eigenvalue weighted by Gasteiger charge is 2.30. The standard InChI is InChI=1S/C15H15N3O3/c1-8-17-11-4-2-3-10(16)14(11)15(21)18(8)12-6-5-9(19)7-13(12)20/h2-4,12H,5-7,16H2,1H3/i2D,4D,5D2,6D2,12D. The maximum Gasteiger partial charge on any atom is 0.264 e. The molecule has 2 N–H and O–H groups in total. The topological polar surface area (TPSA) is 95.0 Å². The predicted octanol–water partition coefficient (Wildman–Crippen LogP) is 1.15. The molecular formula is C15H15N3O3. The molecule has 1 aliphatic rings. The second-order valence-electron chi connectivity index (χ2n) is 4.51. The third kappa shape index (κ3) is 2.12. The lowest BCUT2D eigenvalue weighted by Gasteiger charge is -2.24. The summed E-state index contributed by atoms with van der Waals surface area (Å²) >= 11 is 0. The van der Waals surface area contributed by atoms with Gasteiger partial charge in [0.05, 0.1) is 27.5 Å². The van der Waals surface area contributed by atoms with Crippen LogP contribution in [0.2, 0.25) is 0 Å². The molecular weight excluding hydrogens is 270 g/mol. The molecule has 1 saturated carbocycles. The number of benzene rings is 1. The lowest BCUT2D eigenvalue weighted by Crippen LogP contribution is -2.36. The van der Waals surface area contributed by atoms with Crippen LogP contribution in [0.4, 0.5) is 5.69 Å². The van der Waals surface area contributed by atoms with E-state index in [9.17, 15) is 14.4 Å². The molecule has 1 atom stereocenters. The number of ketones is 2. The lowest BCUT2D eigenvalue weighted by atomic mass is 9.92. The van der Waals surface area contributed by atoms with Crippen molar-refractivity contribution >= 4 is 28.2 Å². The SMILES string of the molecule is [2H]c1cc(N)c2c(=O)n(C3([2H])C(=O)CC(=O)C([2H])([2H])C3([2H])[2H])c(C)nc2c1[2H]. The molecule has 0 amide bonds. The average molecular weight is 292 g/mol. The number of Topliss-reactive ketones (excluding diaryl/α,β-unsaturated/α-hetero) is 2. The Hall–Kier alpha value is -2.50. The number of carbonyl (C=O) groups is 2. The number of hydrogen-bond donors (Lipinski definition) is 1. The van der Waals surface area contributed by atoms with Crippen LogP contribution >= 0.6 is 0 Å². The fraction of sp³-hybridized carbons (Fsp3) is 0.333. The molecule has 1 aromatic carbocycles. The molecule has 3 rings (SSSR count). The van der Waals surface area contributed by atoms with E-state index in [4.69, 9.17) is 15.3 Å². The maximum absolute atomic E-state index is 13.1. The Morgan fingerprint density at radius 3 is 3.05 bits per heavy atom. The van der Waals surface area contributed by atoms with E-state index in [-0.39, 0.29) is 28.5 Å². The molecule has 6 heteroatoms. The van der Waals surface area contributed by atoms with E-state index in [1.165, 1.54) is 6.92 Å². The van der Waals surface area contributed by atoms with Gasteiger partial charge in [-0.25, -0.2) is 4.98 Å². The number of fused-ring (bicyclic) bond motifs is 1. The van der Waals surface area contributed by atoms with Crippen LogP contribution in [0.3, 0.4) is 0 Å². The fourth-order valence-corrected chi connectivity index (χ4v) is 2.15. The number of carbonyl (C=O) groups excluding carboxylic acids is 2. The zero-order valence-corrected chi connectivity index (χ0v) is 11.0. The summed E-state index contributed by atoms with van der Waals surface area (Å²) in [7, 11) is 0. The first-order chi connectivity index (χ1) is 12.7. The number of nitrogen functional groups attached to an aromatic ring is 1. The summed E-state index contributed by atoms with van der Waals surface area (Å²) in [6, 6.07) is -2.83. The highest BCUT2D eigenvalue weighted by Crippen LogP contribution is 2.24. The van der Waals surface area contributed by atoms with Gasteiger partial charge in [0.1, 0.15) is 11.6 Å². The van der Waals surface area contributed by atoms with Crippen LogP contribution in [-0.2, 0) is 9.59 Å². The summed E-state index contributed by atoms with van der Waals surface area (Å²) < 4.78 is 56.3. The summed E-state index contributed by atoms with van der Waals surface area (Å²) in [5.74, 6) is -2.98. The quantitative estimate of drug-likeness (QED) is 0.628. The minimum atomic E-state index is -3.40. The van der Waals surface area contributed by atoms with Gasteiger partial charge in [0.25, 0.3) is 5.56 Å². The summed E-state index contributed by atoms with van der Waals surface area (Å²) in [6.45, 7) is 1.18. The Balaban J connectivity index is 2.49. The van der Waals surface area contributed by atoms with Crippen LogP contribution in [0.15, 0.2) is 22.9 Å². The first kappa shape index (κ1) is 7.49. The molecule has 0 bridgehead atoms. The molecule has 6 nitrogen and oxygen atoms in total. The van der Waals surface area contributed by atoms with Crippen molar-refractivity contribution in [2.75, 3.05) is 5.73 Å². The lowest BCUT2D eigenvalue weighted by molar-refractivity contribution is -0.132. The number of nitrogens with zero attached hydrogens (tertiary/aromatic N) is 2. The minimum absolute atomic E-state index is 0.254. The Bertz CT molecular complexity index is 1130. The summed E-state index contributed by atoms with van der Waals surface area (Å²) in [5, 5.41) is -0.390. The third-order valence-corrected chi connectivity index (χ3v) is 3.09. The van der Waals surface area contributed by atoms with Crippen molar-refractivity contribution in [3.8, 4) is 0 Å². The van der Waals surface area contributed by atoms with Gasteiger partial charge in [-0.2, -0.15) is 0 Å². The molecule has 0 aliphatic heterocycles. The molecule has 0 saturated heterocycles. The van der Waals surface area contributed by atoms with Crippen LogP contribution in [0.25, 0.3) is 10.9 Å². The van der Waals surface area contributed by atoms with Crippen LogP contribution in [0.1, 0.15) is 40.6 Å². The molecule has 21 heavy (non-hydrogen) atoms. The molecule has 1 heterocycles. The summed E-state index contributed by atoms with van der Waals surface area (Å²) in [5.41, 5.74) is 4.13. The van der Waals surface area contributed by atoms with Gasteiger partial charge < -0.3 is 5.73 Å². The highest BCUT2D eigenvalue weighted by atomic mass is 16.2. The molecule has 1 fully saturated rings. The van der Waals surface area contributed by atoms with Gasteiger partial charge >= 0.3 is 0 Å². The van der Waals surface area contributed by atoms with Crippen molar-refractivity contribution in [1.82, 2.24) is 9.55 Å². The monoisotopic (exact) mass is 292 g/mol. The third-order valence-electron chi connectivity index (χ3n) is 3.09. The van der Waals surface area contributed by atoms with Gasteiger partial charge in [-0.1, -0.05) is 6.04 Å². The Morgan fingerprint density at radius 2 is 2.29 bits per heavy atom. The molecule has 1 aliphatic carbocycles. The van der Waals surface area contributed by atoms with E-state index in [0.717, 1.165) is 6.07 Å². The predicted molar refractivity (Wildman–Crippen MR) is 78.1 cm³/mol. The van der Waals surface area contributed by atoms with Gasteiger partial charge in [0.15, 0.2) is 5.78 Å². The average Bonchev–Trinajstić information content (AvgIpc) is 2.57. The van der Waals surface area contributed by atoms with Gasteiger partial charge in [-0.15, -0.1) is 0 Å². The van der Waals surface area contributed by atoms with Crippen molar-refractivity contribution in [1.29, 1.82) is 0 Å². The Labute approximate surface area is 130 Å². The molecule has 1 aromatic heterocycles. The van der Waals surface area contributed by atoms with Crippen molar-refractivity contribution < 1.29 is 19.2 Å². The Kier molecular flexibility index (Phi) is 1.71. The van der Waals surface area contributed by atoms with E-state index >= 15 is 0 Å². The van der Waals surface area contributed by atoms with Gasteiger partial charge in [-0.3, -0.25) is 19.0 Å². The van der Waals surface area contributed by atoms with E-state index in [0.29, 0.717) is 4.57 Å². The molecule has 1 unspecified atom stereocenters. The largest absolute Gasteiger partial charge is 0.398 e. The zero-order valence-electron chi connectivity index (χ0n) is 18.0. The van der Waals surface area contributed by atoms with Crippen molar-refractivity contribution in [3.05, 3.63) is 34.3 Å². The van der Waals surface area contributed by atoms with Crippen molar-refractivity contribution in [2.24, 2.45) is 0 Å². The van der Waals surface area contributed by atoms with Gasteiger partial charge in [0.2, 0.25) is 0 Å². The number of aryl methyl sites for hydroxylation is 1.